The van der Waals surface area contributed by atoms with Crippen LogP contribution in [0.3, 0.4) is 0 Å². The number of nitrogens with zero attached hydrogens (tertiary/aromatic N) is 2. The van der Waals surface area contributed by atoms with E-state index in [4.69, 9.17) is 0 Å². The summed E-state index contributed by atoms with van der Waals surface area (Å²) in [5.41, 5.74) is 0.280. The number of amides is 1. The summed E-state index contributed by atoms with van der Waals surface area (Å²) in [5.74, 6) is -0.412. The standard InChI is InChI=1S/C9H14N4O3/c1-10-5-6-11-9(14)7-3-4-8(12(7)2)13(15)16/h3-4,10H,5-6H2,1-2H3,(H,11,14). The first-order chi connectivity index (χ1) is 7.57. The monoisotopic (exact) mass is 226 g/mol. The lowest BCUT2D eigenvalue weighted by Gasteiger charge is -2.03. The van der Waals surface area contributed by atoms with Gasteiger partial charge in [0.2, 0.25) is 0 Å². The number of hydrogen-bond acceptors (Lipinski definition) is 4. The molecule has 88 valence electrons. The van der Waals surface area contributed by atoms with Gasteiger partial charge in [-0.25, -0.2) is 4.57 Å². The van der Waals surface area contributed by atoms with E-state index < -0.39 is 4.92 Å². The Bertz CT molecular complexity index is 399. The summed E-state index contributed by atoms with van der Waals surface area (Å²) in [6.45, 7) is 1.13. The maximum atomic E-state index is 11.6. The van der Waals surface area contributed by atoms with Crippen molar-refractivity contribution >= 4 is 11.7 Å². The van der Waals surface area contributed by atoms with Crippen molar-refractivity contribution in [2.75, 3.05) is 20.1 Å². The molecule has 0 saturated carbocycles. The maximum Gasteiger partial charge on any atom is 0.323 e. The molecule has 1 rings (SSSR count). The molecule has 0 aromatic carbocycles. The van der Waals surface area contributed by atoms with Crippen molar-refractivity contribution < 1.29 is 9.72 Å². The van der Waals surface area contributed by atoms with Crippen LogP contribution in [0.4, 0.5) is 5.82 Å². The Morgan fingerprint density at radius 1 is 1.50 bits per heavy atom. The normalized spacial score (nSPS) is 10.1. The van der Waals surface area contributed by atoms with Crippen LogP contribution in [0.2, 0.25) is 0 Å². The van der Waals surface area contributed by atoms with Gasteiger partial charge in [0.25, 0.3) is 5.91 Å². The molecule has 0 spiro atoms. The quantitative estimate of drug-likeness (QED) is 0.416. The topological polar surface area (TPSA) is 89.2 Å². The van der Waals surface area contributed by atoms with E-state index in [1.165, 1.54) is 23.7 Å². The fraction of sp³-hybridized carbons (Fsp3) is 0.444. The van der Waals surface area contributed by atoms with Gasteiger partial charge in [0.1, 0.15) is 0 Å². The lowest BCUT2D eigenvalue weighted by Crippen LogP contribution is -2.31. The number of carbonyl (C=O) groups excluding carboxylic acids is 1. The molecule has 0 aliphatic carbocycles. The van der Waals surface area contributed by atoms with Crippen molar-refractivity contribution in [3.8, 4) is 0 Å². The number of aromatic nitrogens is 1. The van der Waals surface area contributed by atoms with Crippen molar-refractivity contribution in [1.29, 1.82) is 0 Å². The van der Waals surface area contributed by atoms with E-state index in [0.717, 1.165) is 0 Å². The van der Waals surface area contributed by atoms with Crippen LogP contribution in [0, 0.1) is 10.1 Å². The van der Waals surface area contributed by atoms with Gasteiger partial charge in [-0.2, -0.15) is 0 Å². The average Bonchev–Trinajstić information content (AvgIpc) is 2.60. The average molecular weight is 226 g/mol. The molecule has 7 nitrogen and oxygen atoms in total. The van der Waals surface area contributed by atoms with Crippen LogP contribution in [-0.2, 0) is 7.05 Å². The van der Waals surface area contributed by atoms with Crippen molar-refractivity contribution in [2.45, 2.75) is 0 Å². The van der Waals surface area contributed by atoms with Crippen LogP contribution in [0.1, 0.15) is 10.5 Å². The van der Waals surface area contributed by atoms with Crippen molar-refractivity contribution in [3.05, 3.63) is 27.9 Å². The largest absolute Gasteiger partial charge is 0.358 e. The molecule has 1 amide bonds. The van der Waals surface area contributed by atoms with Gasteiger partial charge in [0.15, 0.2) is 5.69 Å². The fourth-order valence-electron chi connectivity index (χ4n) is 1.30. The highest BCUT2D eigenvalue weighted by Gasteiger charge is 2.19. The third-order valence-electron chi connectivity index (χ3n) is 2.18. The van der Waals surface area contributed by atoms with E-state index in [9.17, 15) is 14.9 Å². The smallest absolute Gasteiger partial charge is 0.323 e. The first-order valence-corrected chi connectivity index (χ1v) is 4.81. The van der Waals surface area contributed by atoms with Crippen LogP contribution in [0.25, 0.3) is 0 Å². The van der Waals surface area contributed by atoms with Gasteiger partial charge >= 0.3 is 5.82 Å². The van der Waals surface area contributed by atoms with Gasteiger partial charge in [-0.3, -0.25) is 4.79 Å². The van der Waals surface area contributed by atoms with Crippen LogP contribution in [0.15, 0.2) is 12.1 Å². The van der Waals surface area contributed by atoms with Crippen LogP contribution >= 0.6 is 0 Å². The molecule has 7 heteroatoms. The highest BCUT2D eigenvalue weighted by Crippen LogP contribution is 2.14. The second kappa shape index (κ2) is 5.26. The second-order valence-corrected chi connectivity index (χ2v) is 3.25. The molecular weight excluding hydrogens is 212 g/mol. The van der Waals surface area contributed by atoms with E-state index in [-0.39, 0.29) is 17.4 Å². The Kier molecular flexibility index (Phi) is 4.01. The SMILES string of the molecule is CNCCNC(=O)c1ccc([N+](=O)[O-])n1C. The van der Waals surface area contributed by atoms with Gasteiger partial charge in [0, 0.05) is 19.2 Å². The van der Waals surface area contributed by atoms with Gasteiger partial charge in [-0.15, -0.1) is 0 Å². The molecule has 0 fully saturated rings. The number of rotatable bonds is 5. The molecule has 2 N–H and O–H groups in total. The molecule has 0 aliphatic heterocycles. The lowest BCUT2D eigenvalue weighted by atomic mass is 10.4. The van der Waals surface area contributed by atoms with Gasteiger partial charge in [0.05, 0.1) is 7.05 Å². The summed E-state index contributed by atoms with van der Waals surface area (Å²) < 4.78 is 1.26. The zero-order valence-electron chi connectivity index (χ0n) is 9.19. The van der Waals surface area contributed by atoms with Crippen molar-refractivity contribution in [3.63, 3.8) is 0 Å². The Morgan fingerprint density at radius 3 is 2.69 bits per heavy atom. The summed E-state index contributed by atoms with van der Waals surface area (Å²) in [4.78, 5) is 21.6. The first kappa shape index (κ1) is 12.2. The number of likely N-dealkylation sites (N-methyl/N-ethyl adjacent to an activating group) is 1. The highest BCUT2D eigenvalue weighted by atomic mass is 16.6. The minimum Gasteiger partial charge on any atom is -0.358 e. The van der Waals surface area contributed by atoms with E-state index in [2.05, 4.69) is 10.6 Å². The molecular formula is C9H14N4O3. The summed E-state index contributed by atoms with van der Waals surface area (Å²) in [6, 6.07) is 2.75. The molecule has 1 aromatic rings. The number of hydrogen-bond donors (Lipinski definition) is 2. The molecule has 0 aliphatic rings. The minimum atomic E-state index is -0.523. The van der Waals surface area contributed by atoms with Gasteiger partial charge in [-0.05, 0) is 18.0 Å². The molecule has 0 bridgehead atoms. The summed E-state index contributed by atoms with van der Waals surface area (Å²) in [5, 5.41) is 16.1. The molecule has 16 heavy (non-hydrogen) atoms. The fourth-order valence-corrected chi connectivity index (χ4v) is 1.30. The number of carbonyl (C=O) groups is 1. The zero-order chi connectivity index (χ0) is 12.1. The molecule has 0 radical (unpaired) electrons. The molecule has 1 heterocycles. The predicted molar refractivity (Wildman–Crippen MR) is 58.3 cm³/mol. The first-order valence-electron chi connectivity index (χ1n) is 4.81. The summed E-state index contributed by atoms with van der Waals surface area (Å²) >= 11 is 0. The summed E-state index contributed by atoms with van der Waals surface area (Å²) in [6.07, 6.45) is 0. The summed E-state index contributed by atoms with van der Waals surface area (Å²) in [7, 11) is 3.27. The minimum absolute atomic E-state index is 0.0984. The molecule has 0 unspecified atom stereocenters. The Balaban J connectivity index is 2.73. The Hall–Kier alpha value is -1.89. The van der Waals surface area contributed by atoms with E-state index in [1.807, 2.05) is 0 Å². The lowest BCUT2D eigenvalue weighted by molar-refractivity contribution is -0.391. The predicted octanol–water partition coefficient (Wildman–Crippen LogP) is -0.118. The van der Waals surface area contributed by atoms with Crippen LogP contribution in [0.5, 0.6) is 0 Å². The van der Waals surface area contributed by atoms with Crippen LogP contribution < -0.4 is 10.6 Å². The van der Waals surface area contributed by atoms with E-state index >= 15 is 0 Å². The number of nitro groups is 1. The second-order valence-electron chi connectivity index (χ2n) is 3.25. The molecule has 1 aromatic heterocycles. The van der Waals surface area contributed by atoms with Crippen LogP contribution in [-0.4, -0.2) is 35.5 Å². The Labute approximate surface area is 92.6 Å². The van der Waals surface area contributed by atoms with Crippen molar-refractivity contribution in [2.24, 2.45) is 7.05 Å². The van der Waals surface area contributed by atoms with E-state index in [0.29, 0.717) is 13.1 Å². The highest BCUT2D eigenvalue weighted by molar-refractivity contribution is 5.93. The Morgan fingerprint density at radius 2 is 2.19 bits per heavy atom. The van der Waals surface area contributed by atoms with Gasteiger partial charge in [-0.1, -0.05) is 0 Å². The molecule has 0 atom stereocenters. The third kappa shape index (κ3) is 2.57. The molecule has 0 saturated heterocycles. The third-order valence-corrected chi connectivity index (χ3v) is 2.18. The van der Waals surface area contributed by atoms with E-state index in [1.54, 1.807) is 7.05 Å². The number of nitrogens with one attached hydrogen (secondary N) is 2. The van der Waals surface area contributed by atoms with Gasteiger partial charge < -0.3 is 20.7 Å². The van der Waals surface area contributed by atoms with Crippen molar-refractivity contribution in [1.82, 2.24) is 15.2 Å². The zero-order valence-corrected chi connectivity index (χ0v) is 9.19. The maximum absolute atomic E-state index is 11.6.